The van der Waals surface area contributed by atoms with Crippen LogP contribution in [0, 0.1) is 11.2 Å². The number of rotatable bonds is 9. The molecule has 1 fully saturated rings. The number of hydrogen-bond donors (Lipinski definition) is 4. The predicted molar refractivity (Wildman–Crippen MR) is 176 cm³/mol. The zero-order valence-corrected chi connectivity index (χ0v) is 28.1. The number of ether oxygens (including phenoxy) is 1. The zero-order valence-electron chi connectivity index (χ0n) is 25.8. The Hall–Kier alpha value is -3.45. The normalized spacial score (nSPS) is 16.0. The first-order chi connectivity index (χ1) is 20.8. The number of nitrogens with zero attached hydrogens (tertiary/aromatic N) is 3. The molecule has 3 amide bonds. The molecule has 4 N–H and O–H groups in total. The summed E-state index contributed by atoms with van der Waals surface area (Å²) in [5.41, 5.74) is 0.212. The van der Waals surface area contributed by atoms with Crippen LogP contribution in [0.2, 0.25) is 10.0 Å². The van der Waals surface area contributed by atoms with Gasteiger partial charge in [-0.2, -0.15) is 0 Å². The number of fused-ring (bicyclic) bond motifs is 1. The molecule has 4 rings (SSSR count). The number of methoxy groups -OCH3 is 1. The third-order valence-electron chi connectivity index (χ3n) is 7.57. The third-order valence-corrected chi connectivity index (χ3v) is 8.35. The van der Waals surface area contributed by atoms with Crippen molar-refractivity contribution in [2.45, 2.75) is 58.7 Å². The Morgan fingerprint density at radius 2 is 1.84 bits per heavy atom. The van der Waals surface area contributed by atoms with Gasteiger partial charge in [-0.3, -0.25) is 14.4 Å². The van der Waals surface area contributed by atoms with Gasteiger partial charge in [0.25, 0.3) is 0 Å². The fourth-order valence-corrected chi connectivity index (χ4v) is 5.24. The molecule has 0 spiro atoms. The van der Waals surface area contributed by atoms with Gasteiger partial charge in [0.2, 0.25) is 17.7 Å². The minimum atomic E-state index is -0.845. The van der Waals surface area contributed by atoms with E-state index in [-0.39, 0.29) is 45.8 Å². The summed E-state index contributed by atoms with van der Waals surface area (Å²) in [6, 6.07) is 4.00. The molecule has 45 heavy (non-hydrogen) atoms. The summed E-state index contributed by atoms with van der Waals surface area (Å²) in [5.74, 6) is -1.23. The molecule has 244 valence electrons. The highest BCUT2D eigenvalue weighted by atomic mass is 35.5. The van der Waals surface area contributed by atoms with Crippen LogP contribution in [0.25, 0.3) is 10.9 Å². The van der Waals surface area contributed by atoms with E-state index in [9.17, 15) is 18.8 Å². The molecular weight excluding hydrogens is 648 g/mol. The smallest absolute Gasteiger partial charge is 0.247 e. The number of likely N-dealkylation sites (N-methyl/N-ethyl adjacent to an activating group) is 1. The minimum Gasteiger partial charge on any atom is -0.494 e. The monoisotopic (exact) mass is 683 g/mol. The van der Waals surface area contributed by atoms with Crippen molar-refractivity contribution < 1.29 is 23.5 Å². The molecule has 2 aromatic carbocycles. The summed E-state index contributed by atoms with van der Waals surface area (Å²) >= 11 is 11.9. The lowest BCUT2D eigenvalue weighted by molar-refractivity contribution is -0.143. The average molecular weight is 685 g/mol. The van der Waals surface area contributed by atoms with Crippen molar-refractivity contribution in [3.63, 3.8) is 0 Å². The van der Waals surface area contributed by atoms with Crippen molar-refractivity contribution in [2.75, 3.05) is 31.3 Å². The first kappa shape index (κ1) is 36.0. The van der Waals surface area contributed by atoms with Crippen LogP contribution >= 0.6 is 35.6 Å². The van der Waals surface area contributed by atoms with Gasteiger partial charge in [0.1, 0.15) is 30.0 Å². The maximum absolute atomic E-state index is 14.8. The minimum absolute atomic E-state index is 0. The van der Waals surface area contributed by atoms with Crippen molar-refractivity contribution in [2.24, 2.45) is 5.41 Å². The number of amides is 3. The van der Waals surface area contributed by atoms with Crippen LogP contribution < -0.4 is 26.0 Å². The number of aromatic nitrogens is 2. The van der Waals surface area contributed by atoms with E-state index in [0.29, 0.717) is 41.7 Å². The van der Waals surface area contributed by atoms with E-state index < -0.39 is 35.3 Å². The predicted octanol–water partition coefficient (Wildman–Crippen LogP) is 5.32. The fourth-order valence-electron chi connectivity index (χ4n) is 4.93. The van der Waals surface area contributed by atoms with E-state index in [1.165, 1.54) is 30.5 Å². The standard InChI is InChI=1S/C30H36Cl2FN7O4.ClH/c1-15(34-5)27(41)39-25(30(2,3)4)29(43)40-11-7-8-21(40)28(42)38-20-12-16-19(13-22(20)44-6)35-14-36-26(16)37-18-10-9-17(31)23(32)24(18)33;/h9-10,12-15,21,25,34H,7-8,11H2,1-6H3,(H,38,42)(H,39,41)(H,35,36,37);1H/t15-,21-,25+;/m0./s1. The molecular formula is C30H37Cl3FN7O4. The molecule has 1 aliphatic rings. The van der Waals surface area contributed by atoms with E-state index in [0.717, 1.165) is 0 Å². The highest BCUT2D eigenvalue weighted by molar-refractivity contribution is 6.42. The first-order valence-electron chi connectivity index (χ1n) is 14.1. The summed E-state index contributed by atoms with van der Waals surface area (Å²) in [6.07, 6.45) is 2.37. The fraction of sp³-hybridized carbons (Fsp3) is 0.433. The molecule has 0 bridgehead atoms. The van der Waals surface area contributed by atoms with Gasteiger partial charge in [0.05, 0.1) is 40.1 Å². The largest absolute Gasteiger partial charge is 0.494 e. The zero-order chi connectivity index (χ0) is 32.3. The van der Waals surface area contributed by atoms with Crippen LogP contribution in [0.3, 0.4) is 0 Å². The van der Waals surface area contributed by atoms with Crippen LogP contribution in [0.1, 0.15) is 40.5 Å². The lowest BCUT2D eigenvalue weighted by atomic mass is 9.85. The van der Waals surface area contributed by atoms with Crippen molar-refractivity contribution in [3.8, 4) is 5.75 Å². The molecule has 2 heterocycles. The third kappa shape index (κ3) is 7.86. The van der Waals surface area contributed by atoms with Gasteiger partial charge >= 0.3 is 0 Å². The molecule has 11 nitrogen and oxygen atoms in total. The topological polar surface area (TPSA) is 138 Å². The second kappa shape index (κ2) is 14.8. The van der Waals surface area contributed by atoms with Crippen LogP contribution in [0.15, 0.2) is 30.6 Å². The van der Waals surface area contributed by atoms with Crippen LogP contribution in [-0.4, -0.2) is 71.4 Å². The quantitative estimate of drug-likeness (QED) is 0.223. The van der Waals surface area contributed by atoms with Crippen LogP contribution in [0.5, 0.6) is 5.75 Å². The number of carbonyl (C=O) groups excluding carboxylic acids is 3. The van der Waals surface area contributed by atoms with Crippen LogP contribution in [-0.2, 0) is 14.4 Å². The Kier molecular flexibility index (Phi) is 11.8. The average Bonchev–Trinajstić information content (AvgIpc) is 3.49. The number of carbonyl (C=O) groups is 3. The van der Waals surface area contributed by atoms with Gasteiger partial charge in [-0.1, -0.05) is 44.0 Å². The number of hydrogen-bond acceptors (Lipinski definition) is 8. The molecule has 0 aliphatic carbocycles. The van der Waals surface area contributed by atoms with E-state index in [1.807, 2.05) is 20.8 Å². The van der Waals surface area contributed by atoms with Crippen molar-refractivity contribution in [3.05, 3.63) is 46.5 Å². The Bertz CT molecular complexity index is 1590. The van der Waals surface area contributed by atoms with Gasteiger partial charge in [-0.15, -0.1) is 12.4 Å². The molecule has 3 aromatic rings. The second-order valence-electron chi connectivity index (χ2n) is 11.6. The maximum atomic E-state index is 14.8. The molecule has 0 radical (unpaired) electrons. The van der Waals surface area contributed by atoms with Crippen LogP contribution in [0.4, 0.5) is 21.6 Å². The van der Waals surface area contributed by atoms with Gasteiger partial charge < -0.3 is 30.9 Å². The summed E-state index contributed by atoms with van der Waals surface area (Å²) < 4.78 is 20.3. The van der Waals surface area contributed by atoms with E-state index >= 15 is 0 Å². The number of benzene rings is 2. The number of nitrogens with one attached hydrogen (secondary N) is 4. The van der Waals surface area contributed by atoms with Crippen molar-refractivity contribution in [1.82, 2.24) is 25.5 Å². The van der Waals surface area contributed by atoms with Crippen molar-refractivity contribution >= 4 is 81.4 Å². The molecule has 0 saturated carbocycles. The molecule has 1 saturated heterocycles. The van der Waals surface area contributed by atoms with E-state index in [4.69, 9.17) is 27.9 Å². The highest BCUT2D eigenvalue weighted by Gasteiger charge is 2.42. The lowest BCUT2D eigenvalue weighted by Crippen LogP contribution is -2.59. The molecule has 1 aliphatic heterocycles. The highest BCUT2D eigenvalue weighted by Crippen LogP contribution is 2.36. The van der Waals surface area contributed by atoms with E-state index in [2.05, 4.69) is 31.2 Å². The number of halogens is 4. The Morgan fingerprint density at radius 1 is 1.13 bits per heavy atom. The SMILES string of the molecule is CN[C@@H](C)C(=O)N[C@H](C(=O)N1CCC[C@H]1C(=O)Nc1cc2c(Nc3ccc(Cl)c(Cl)c3F)ncnc2cc1OC)C(C)(C)C.Cl. The molecule has 0 unspecified atom stereocenters. The number of anilines is 3. The second-order valence-corrected chi connectivity index (χ2v) is 12.4. The van der Waals surface area contributed by atoms with Gasteiger partial charge in [-0.05, 0) is 50.4 Å². The number of likely N-dealkylation sites (tertiary alicyclic amines) is 1. The summed E-state index contributed by atoms with van der Waals surface area (Å²) in [6.45, 7) is 7.66. The molecule has 3 atom stereocenters. The summed E-state index contributed by atoms with van der Waals surface area (Å²) in [4.78, 5) is 50.3. The molecule has 15 heteroatoms. The van der Waals surface area contributed by atoms with Gasteiger partial charge in [0.15, 0.2) is 5.82 Å². The molecule has 1 aromatic heterocycles. The summed E-state index contributed by atoms with van der Waals surface area (Å²) in [7, 11) is 3.12. The Morgan fingerprint density at radius 3 is 2.49 bits per heavy atom. The summed E-state index contributed by atoms with van der Waals surface area (Å²) in [5, 5.41) is 11.8. The van der Waals surface area contributed by atoms with Gasteiger partial charge in [0, 0.05) is 18.0 Å². The Labute approximate surface area is 277 Å². The Balaban J connectivity index is 0.00000552. The van der Waals surface area contributed by atoms with Gasteiger partial charge in [-0.25, -0.2) is 14.4 Å². The maximum Gasteiger partial charge on any atom is 0.247 e. The van der Waals surface area contributed by atoms with E-state index in [1.54, 1.807) is 26.1 Å². The first-order valence-corrected chi connectivity index (χ1v) is 14.8. The van der Waals surface area contributed by atoms with Crippen molar-refractivity contribution in [1.29, 1.82) is 0 Å². The lowest BCUT2D eigenvalue weighted by Gasteiger charge is -2.36.